The van der Waals surface area contributed by atoms with E-state index in [2.05, 4.69) is 90.4 Å². The second-order valence-electron chi connectivity index (χ2n) is 11.7. The van der Waals surface area contributed by atoms with Crippen molar-refractivity contribution in [3.63, 3.8) is 0 Å². The van der Waals surface area contributed by atoms with E-state index in [9.17, 15) is 0 Å². The molecule has 0 saturated heterocycles. The molecule has 0 amide bonds. The molecule has 7 unspecified atom stereocenters. The molecule has 186 valence electrons. The van der Waals surface area contributed by atoms with Gasteiger partial charge in [-0.3, -0.25) is 0 Å². The van der Waals surface area contributed by atoms with Gasteiger partial charge in [-0.15, -0.1) is 0 Å². The molecule has 1 N–H and O–H groups in total. The van der Waals surface area contributed by atoms with E-state index >= 15 is 0 Å². The molecule has 2 aliphatic carbocycles. The van der Waals surface area contributed by atoms with Crippen molar-refractivity contribution in [3.8, 4) is 0 Å². The molecule has 2 rings (SSSR count). The first kappa shape index (κ1) is 27.7. The van der Waals surface area contributed by atoms with Gasteiger partial charge in [-0.25, -0.2) is 0 Å². The van der Waals surface area contributed by atoms with Crippen molar-refractivity contribution in [1.82, 2.24) is 5.32 Å². The van der Waals surface area contributed by atoms with Crippen LogP contribution in [0.1, 0.15) is 99.3 Å². The number of hydrogen-bond acceptors (Lipinski definition) is 1. The van der Waals surface area contributed by atoms with Crippen LogP contribution in [-0.4, -0.2) is 6.04 Å². The van der Waals surface area contributed by atoms with Crippen molar-refractivity contribution < 1.29 is 0 Å². The molecule has 1 heteroatoms. The summed E-state index contributed by atoms with van der Waals surface area (Å²) in [5.41, 5.74) is 3.84. The number of nitrogens with one attached hydrogen (secondary N) is 1. The Morgan fingerprint density at radius 1 is 1.03 bits per heavy atom. The summed E-state index contributed by atoms with van der Waals surface area (Å²) in [6.07, 6.45) is 23.3. The molecular weight excluding hydrogens is 398 g/mol. The second kappa shape index (κ2) is 14.0. The normalized spacial score (nSPS) is 32.2. The zero-order valence-electron chi connectivity index (χ0n) is 22.7. The Balaban J connectivity index is 1.79. The van der Waals surface area contributed by atoms with Gasteiger partial charge in [0.2, 0.25) is 0 Å². The van der Waals surface area contributed by atoms with Crippen LogP contribution in [0.5, 0.6) is 0 Å². The van der Waals surface area contributed by atoms with Gasteiger partial charge in [0, 0.05) is 11.7 Å². The number of allylic oxidation sites excluding steroid dienone is 7. The van der Waals surface area contributed by atoms with Crippen LogP contribution >= 0.6 is 0 Å². The van der Waals surface area contributed by atoms with Gasteiger partial charge in [0.15, 0.2) is 0 Å². The lowest BCUT2D eigenvalue weighted by molar-refractivity contribution is 0.163. The van der Waals surface area contributed by atoms with Gasteiger partial charge in [0.1, 0.15) is 0 Å². The highest BCUT2D eigenvalue weighted by molar-refractivity contribution is 5.18. The summed E-state index contributed by atoms with van der Waals surface area (Å²) in [5, 5.41) is 3.74. The molecule has 0 spiro atoms. The standard InChI is InChI=1S/C32H53N/c1-9-23(2)19-26(5)13-16-29(8)33-32-22-27(6)31(21-28(32)7)18-15-24(3)14-17-30-12-10-11-25(4)20-30/h13-17,25-28,30-33H,2,8-12,18-22H2,1,3-7H3/b16-13-,17-14+,24-15+. The Kier molecular flexibility index (Phi) is 11.8. The summed E-state index contributed by atoms with van der Waals surface area (Å²) in [4.78, 5) is 0. The van der Waals surface area contributed by atoms with Crippen LogP contribution in [0.25, 0.3) is 0 Å². The zero-order valence-corrected chi connectivity index (χ0v) is 22.7. The van der Waals surface area contributed by atoms with Crippen LogP contribution in [0, 0.1) is 35.5 Å². The van der Waals surface area contributed by atoms with E-state index in [1.807, 2.05) is 0 Å². The Bertz CT molecular complexity index is 708. The molecule has 33 heavy (non-hydrogen) atoms. The molecule has 2 aliphatic rings. The van der Waals surface area contributed by atoms with Gasteiger partial charge < -0.3 is 5.32 Å². The van der Waals surface area contributed by atoms with Crippen LogP contribution in [0.2, 0.25) is 0 Å². The van der Waals surface area contributed by atoms with Crippen LogP contribution < -0.4 is 5.32 Å². The van der Waals surface area contributed by atoms with Gasteiger partial charge in [0.05, 0.1) is 0 Å². The van der Waals surface area contributed by atoms with Crippen molar-refractivity contribution in [2.75, 3.05) is 0 Å². The van der Waals surface area contributed by atoms with Crippen LogP contribution in [0.4, 0.5) is 0 Å². The van der Waals surface area contributed by atoms with E-state index in [0.29, 0.717) is 17.9 Å². The third kappa shape index (κ3) is 10.1. The lowest BCUT2D eigenvalue weighted by Gasteiger charge is -2.39. The van der Waals surface area contributed by atoms with E-state index < -0.39 is 0 Å². The number of hydrogen-bond donors (Lipinski definition) is 1. The van der Waals surface area contributed by atoms with Gasteiger partial charge in [-0.05, 0) is 93.5 Å². The lowest BCUT2D eigenvalue weighted by Crippen LogP contribution is -2.41. The smallest absolute Gasteiger partial charge is 0.0289 e. The van der Waals surface area contributed by atoms with Gasteiger partial charge in [-0.2, -0.15) is 0 Å². The molecule has 0 radical (unpaired) electrons. The predicted octanol–water partition coefficient (Wildman–Crippen LogP) is 9.41. The van der Waals surface area contributed by atoms with Gasteiger partial charge in [0.25, 0.3) is 0 Å². The molecule has 0 aliphatic heterocycles. The molecule has 0 bridgehead atoms. The zero-order chi connectivity index (χ0) is 24.4. The highest BCUT2D eigenvalue weighted by Crippen LogP contribution is 2.37. The maximum atomic E-state index is 4.28. The average molecular weight is 452 g/mol. The molecule has 7 atom stereocenters. The summed E-state index contributed by atoms with van der Waals surface area (Å²) < 4.78 is 0. The Morgan fingerprint density at radius 3 is 2.48 bits per heavy atom. The SMILES string of the molecule is C=C(CC)CC(C)/C=C\C(=C)NC1CC(C)C(C/C=C(C)/C=C/C2CCCC(C)C2)CC1C. The monoisotopic (exact) mass is 451 g/mol. The molecular formula is C32H53N. The summed E-state index contributed by atoms with van der Waals surface area (Å²) in [5.74, 6) is 4.44. The summed E-state index contributed by atoms with van der Waals surface area (Å²) in [7, 11) is 0. The third-order valence-electron chi connectivity index (χ3n) is 8.25. The van der Waals surface area contributed by atoms with Crippen LogP contribution in [0.15, 0.2) is 60.4 Å². The predicted molar refractivity (Wildman–Crippen MR) is 148 cm³/mol. The molecule has 2 saturated carbocycles. The van der Waals surface area contributed by atoms with E-state index in [1.54, 1.807) is 0 Å². The third-order valence-corrected chi connectivity index (χ3v) is 8.25. The van der Waals surface area contributed by atoms with E-state index in [0.717, 1.165) is 42.2 Å². The summed E-state index contributed by atoms with van der Waals surface area (Å²) >= 11 is 0. The lowest BCUT2D eigenvalue weighted by atomic mass is 9.71. The van der Waals surface area contributed by atoms with E-state index in [4.69, 9.17) is 0 Å². The summed E-state index contributed by atoms with van der Waals surface area (Å²) in [6, 6.07) is 0.535. The first-order valence-corrected chi connectivity index (χ1v) is 13.8. The molecule has 0 aromatic carbocycles. The van der Waals surface area contributed by atoms with Crippen molar-refractivity contribution in [1.29, 1.82) is 0 Å². The maximum absolute atomic E-state index is 4.28. The Hall–Kier alpha value is -1.50. The topological polar surface area (TPSA) is 12.0 Å². The second-order valence-corrected chi connectivity index (χ2v) is 11.7. The minimum Gasteiger partial charge on any atom is -0.383 e. The molecule has 0 heterocycles. The highest BCUT2D eigenvalue weighted by atomic mass is 14.9. The van der Waals surface area contributed by atoms with E-state index in [1.165, 1.54) is 56.1 Å². The maximum Gasteiger partial charge on any atom is 0.0289 e. The molecule has 0 aromatic rings. The Morgan fingerprint density at radius 2 is 1.79 bits per heavy atom. The van der Waals surface area contributed by atoms with Crippen molar-refractivity contribution in [2.24, 2.45) is 35.5 Å². The first-order chi connectivity index (χ1) is 15.7. The summed E-state index contributed by atoms with van der Waals surface area (Å²) in [6.45, 7) is 22.4. The molecule has 0 aromatic heterocycles. The van der Waals surface area contributed by atoms with Gasteiger partial charge in [-0.1, -0.05) is 96.1 Å². The van der Waals surface area contributed by atoms with Crippen LogP contribution in [0.3, 0.4) is 0 Å². The minimum atomic E-state index is 0.522. The van der Waals surface area contributed by atoms with Gasteiger partial charge >= 0.3 is 0 Å². The van der Waals surface area contributed by atoms with Crippen molar-refractivity contribution in [2.45, 2.75) is 105 Å². The largest absolute Gasteiger partial charge is 0.383 e. The van der Waals surface area contributed by atoms with Crippen molar-refractivity contribution >= 4 is 0 Å². The number of rotatable bonds is 11. The molecule has 1 nitrogen and oxygen atoms in total. The van der Waals surface area contributed by atoms with Crippen LogP contribution in [-0.2, 0) is 0 Å². The first-order valence-electron chi connectivity index (χ1n) is 13.8. The van der Waals surface area contributed by atoms with E-state index in [-0.39, 0.29) is 0 Å². The quantitative estimate of drug-likeness (QED) is 0.244. The average Bonchev–Trinajstić information content (AvgIpc) is 2.77. The highest BCUT2D eigenvalue weighted by Gasteiger charge is 2.32. The Labute approximate surface area is 206 Å². The fraction of sp³-hybridized carbons (Fsp3) is 0.688. The van der Waals surface area contributed by atoms with Crippen molar-refractivity contribution in [3.05, 3.63) is 60.4 Å². The fourth-order valence-electron chi connectivity index (χ4n) is 5.81. The minimum absolute atomic E-state index is 0.522. The molecule has 2 fully saturated rings. The fourth-order valence-corrected chi connectivity index (χ4v) is 5.81.